The summed E-state index contributed by atoms with van der Waals surface area (Å²) in [5.74, 6) is -0.538. The number of ether oxygens (including phenoxy) is 2. The minimum absolute atomic E-state index is 0.0468. The molecule has 1 aliphatic rings. The number of fused-ring (bicyclic) bond motifs is 1. The number of nitrogens with zero attached hydrogens (tertiary/aromatic N) is 1. The van der Waals surface area contributed by atoms with Gasteiger partial charge < -0.3 is 24.8 Å². The zero-order valence-electron chi connectivity index (χ0n) is 21.8. The van der Waals surface area contributed by atoms with Crippen LogP contribution in [-0.2, 0) is 22.2 Å². The lowest BCUT2D eigenvalue weighted by Gasteiger charge is -2.27. The quantitative estimate of drug-likeness (QED) is 0.262. The highest BCUT2D eigenvalue weighted by atomic mass is 35.5. The summed E-state index contributed by atoms with van der Waals surface area (Å²) in [7, 11) is 1.47. The number of hydrogen-bond acceptors (Lipinski definition) is 5. The van der Waals surface area contributed by atoms with Gasteiger partial charge >= 0.3 is 12.1 Å². The number of hydrogen-bond donors (Lipinski definition) is 2. The van der Waals surface area contributed by atoms with Crippen molar-refractivity contribution in [2.45, 2.75) is 38.4 Å². The first-order valence-electron chi connectivity index (χ1n) is 12.5. The molecule has 0 bridgehead atoms. The average molecular weight is 577 g/mol. The van der Waals surface area contributed by atoms with Crippen LogP contribution in [0.5, 0.6) is 11.5 Å². The Hall–Kier alpha value is -3.92. The van der Waals surface area contributed by atoms with Crippen LogP contribution in [0.25, 0.3) is 0 Å². The lowest BCUT2D eigenvalue weighted by molar-refractivity contribution is -0.138. The molecule has 1 atom stereocenters. The fraction of sp³-hybridized carbons (Fsp3) is 0.310. The summed E-state index contributed by atoms with van der Waals surface area (Å²) >= 11 is 6.16. The number of rotatable bonds is 10. The first-order valence-corrected chi connectivity index (χ1v) is 12.9. The minimum atomic E-state index is -4.54. The predicted octanol–water partition coefficient (Wildman–Crippen LogP) is 6.66. The van der Waals surface area contributed by atoms with Crippen molar-refractivity contribution in [1.82, 2.24) is 0 Å². The van der Waals surface area contributed by atoms with Crippen LogP contribution < -0.4 is 19.7 Å². The molecule has 0 radical (unpaired) electrons. The molecule has 4 rings (SSSR count). The number of alkyl halides is 3. The largest absolute Gasteiger partial charge is 0.497 e. The van der Waals surface area contributed by atoms with E-state index in [1.54, 1.807) is 43.3 Å². The Labute approximate surface area is 234 Å². The number of methoxy groups -OCH3 is 1. The lowest BCUT2D eigenvalue weighted by atomic mass is 9.99. The number of aryl methyl sites for hydroxylation is 1. The van der Waals surface area contributed by atoms with Gasteiger partial charge in [0.2, 0.25) is 0 Å². The maximum absolute atomic E-state index is 14.1. The second kappa shape index (κ2) is 12.1. The molecule has 0 aromatic heterocycles. The molecule has 0 spiro atoms. The summed E-state index contributed by atoms with van der Waals surface area (Å²) in [5.41, 5.74) is 1.84. The Morgan fingerprint density at radius 3 is 2.52 bits per heavy atom. The Morgan fingerprint density at radius 2 is 1.85 bits per heavy atom. The Morgan fingerprint density at radius 1 is 1.10 bits per heavy atom. The highest BCUT2D eigenvalue weighted by Gasteiger charge is 2.36. The molecule has 11 heteroatoms. The summed E-state index contributed by atoms with van der Waals surface area (Å²) in [6.07, 6.45) is -3.86. The van der Waals surface area contributed by atoms with E-state index in [4.69, 9.17) is 26.2 Å². The van der Waals surface area contributed by atoms with Crippen LogP contribution in [0.3, 0.4) is 0 Å². The molecule has 1 amide bonds. The molecule has 7 nitrogen and oxygen atoms in total. The van der Waals surface area contributed by atoms with E-state index in [2.05, 4.69) is 5.32 Å². The second-order valence-electron chi connectivity index (χ2n) is 9.40. The zero-order valence-corrected chi connectivity index (χ0v) is 22.6. The van der Waals surface area contributed by atoms with Crippen molar-refractivity contribution >= 4 is 34.9 Å². The van der Waals surface area contributed by atoms with Crippen molar-refractivity contribution in [1.29, 1.82) is 0 Å². The lowest BCUT2D eigenvalue weighted by Crippen LogP contribution is -2.37. The molecular weight excluding hydrogens is 549 g/mol. The molecule has 0 fully saturated rings. The number of halogens is 4. The van der Waals surface area contributed by atoms with Gasteiger partial charge in [0.1, 0.15) is 17.5 Å². The van der Waals surface area contributed by atoms with Crippen molar-refractivity contribution in [3.63, 3.8) is 0 Å². The fourth-order valence-corrected chi connectivity index (χ4v) is 4.84. The van der Waals surface area contributed by atoms with Crippen molar-refractivity contribution in [2.24, 2.45) is 0 Å². The predicted molar refractivity (Wildman–Crippen MR) is 145 cm³/mol. The van der Waals surface area contributed by atoms with E-state index in [-0.39, 0.29) is 25.3 Å². The number of aliphatic carboxylic acids is 1. The number of amides is 1. The van der Waals surface area contributed by atoms with E-state index in [0.29, 0.717) is 46.2 Å². The topological polar surface area (TPSA) is 88.1 Å². The van der Waals surface area contributed by atoms with Gasteiger partial charge in [-0.3, -0.25) is 9.59 Å². The molecule has 0 aliphatic carbocycles. The number of carbonyl (C=O) groups excluding carboxylic acids is 1. The number of nitrogens with one attached hydrogen (secondary N) is 1. The molecule has 2 N–H and O–H groups in total. The second-order valence-corrected chi connectivity index (χ2v) is 9.84. The monoisotopic (exact) mass is 576 g/mol. The normalized spacial score (nSPS) is 13.5. The van der Waals surface area contributed by atoms with Gasteiger partial charge in [0, 0.05) is 47.6 Å². The third-order valence-electron chi connectivity index (χ3n) is 6.59. The summed E-state index contributed by atoms with van der Waals surface area (Å²) in [6.45, 7) is 2.19. The van der Waals surface area contributed by atoms with Crippen LogP contribution in [0.15, 0.2) is 54.6 Å². The molecule has 3 aromatic carbocycles. The van der Waals surface area contributed by atoms with Crippen LogP contribution in [0.2, 0.25) is 5.02 Å². The fourth-order valence-electron chi connectivity index (χ4n) is 4.61. The Balaban J connectivity index is 1.69. The first kappa shape index (κ1) is 29.1. The van der Waals surface area contributed by atoms with Crippen LogP contribution in [0.1, 0.15) is 41.1 Å². The number of carboxylic acids is 1. The number of carbonyl (C=O) groups is 2. The number of benzene rings is 3. The van der Waals surface area contributed by atoms with Gasteiger partial charge in [0.25, 0.3) is 5.91 Å². The van der Waals surface area contributed by atoms with Gasteiger partial charge in [-0.2, -0.15) is 13.2 Å². The van der Waals surface area contributed by atoms with E-state index in [0.717, 1.165) is 17.7 Å². The zero-order chi connectivity index (χ0) is 29.0. The maximum Gasteiger partial charge on any atom is 0.416 e. The summed E-state index contributed by atoms with van der Waals surface area (Å²) in [5, 5.41) is 12.6. The minimum Gasteiger partial charge on any atom is -0.497 e. The smallest absolute Gasteiger partial charge is 0.416 e. The van der Waals surface area contributed by atoms with Crippen LogP contribution in [0.4, 0.5) is 24.5 Å². The van der Waals surface area contributed by atoms with Crippen molar-refractivity contribution in [3.8, 4) is 11.5 Å². The summed E-state index contributed by atoms with van der Waals surface area (Å²) < 4.78 is 51.5. The Bertz CT molecular complexity index is 1410. The van der Waals surface area contributed by atoms with Gasteiger partial charge in [-0.05, 0) is 60.7 Å². The molecule has 0 saturated carbocycles. The van der Waals surface area contributed by atoms with Crippen LogP contribution in [0, 0.1) is 6.92 Å². The van der Waals surface area contributed by atoms with Crippen molar-refractivity contribution < 1.29 is 37.3 Å². The van der Waals surface area contributed by atoms with Crippen molar-refractivity contribution in [3.05, 3.63) is 81.9 Å². The molecule has 40 heavy (non-hydrogen) atoms. The summed E-state index contributed by atoms with van der Waals surface area (Å²) in [6, 6.07) is 12.5. The van der Waals surface area contributed by atoms with Gasteiger partial charge in [0.15, 0.2) is 0 Å². The van der Waals surface area contributed by atoms with Gasteiger partial charge in [-0.25, -0.2) is 0 Å². The van der Waals surface area contributed by atoms with Gasteiger partial charge in [0.05, 0.1) is 19.3 Å². The number of anilines is 2. The first-order chi connectivity index (χ1) is 19.0. The third-order valence-corrected chi connectivity index (χ3v) is 6.83. The third kappa shape index (κ3) is 6.80. The van der Waals surface area contributed by atoms with E-state index >= 15 is 0 Å². The maximum atomic E-state index is 14.1. The van der Waals surface area contributed by atoms with Gasteiger partial charge in [-0.15, -0.1) is 0 Å². The Kier molecular flexibility index (Phi) is 8.78. The molecule has 1 heterocycles. The van der Waals surface area contributed by atoms with Gasteiger partial charge in [-0.1, -0.05) is 23.7 Å². The molecular formula is C29H28ClF3N2O5. The van der Waals surface area contributed by atoms with Crippen LogP contribution >= 0.6 is 11.6 Å². The molecule has 3 aromatic rings. The summed E-state index contributed by atoms with van der Waals surface area (Å²) in [4.78, 5) is 26.2. The molecule has 212 valence electrons. The molecule has 1 aliphatic heterocycles. The van der Waals surface area contributed by atoms with E-state index < -0.39 is 29.7 Å². The number of carboxylic acid groups (broad SMARTS) is 1. The van der Waals surface area contributed by atoms with Crippen LogP contribution in [-0.4, -0.2) is 37.2 Å². The molecule has 1 unspecified atom stereocenters. The molecule has 0 saturated heterocycles. The highest BCUT2D eigenvalue weighted by molar-refractivity contribution is 6.30. The van der Waals surface area contributed by atoms with E-state index in [9.17, 15) is 22.8 Å². The standard InChI is InChI=1S/C29H28ClF3N2O5/c1-17-12-20(30)7-8-24(17)27(28(38)35-10-9-18-5-6-19(13-25(18)35)29(31,32)33)34-21-14-22(39-2)16-23(15-21)40-11-3-4-26(36)37/h5-8,12-16,27,34H,3-4,9-11H2,1-2H3,(H,36,37). The van der Waals surface area contributed by atoms with E-state index in [1.807, 2.05) is 0 Å². The SMILES string of the molecule is COc1cc(NC(C(=O)N2CCc3ccc(C(F)(F)F)cc32)c2ccc(Cl)cc2C)cc(OCCCC(=O)O)c1. The average Bonchev–Trinajstić information content (AvgIpc) is 3.32. The highest BCUT2D eigenvalue weighted by Crippen LogP contribution is 2.38. The van der Waals surface area contributed by atoms with E-state index in [1.165, 1.54) is 18.1 Å². The van der Waals surface area contributed by atoms with Crippen molar-refractivity contribution in [2.75, 3.05) is 30.5 Å².